The van der Waals surface area contributed by atoms with Crippen LogP contribution in [0.4, 0.5) is 0 Å². The van der Waals surface area contributed by atoms with Crippen molar-refractivity contribution in [2.75, 3.05) is 0 Å². The maximum atomic E-state index is 10.6. The molecule has 0 aromatic carbocycles. The highest BCUT2D eigenvalue weighted by Gasteiger charge is 2.26. The third kappa shape index (κ3) is 3.02. The molecule has 3 N–H and O–H groups in total. The number of carbonyl (C=O) groups is 2. The average molecular weight is 187 g/mol. The summed E-state index contributed by atoms with van der Waals surface area (Å²) in [5.41, 5.74) is 0. The Labute approximate surface area is 75.7 Å². The number of nitrogens with one attached hydrogen (secondary N) is 1. The van der Waals surface area contributed by atoms with Gasteiger partial charge in [0.15, 0.2) is 0 Å². The number of hydrogen-bond donors (Lipinski definition) is 3. The van der Waals surface area contributed by atoms with Gasteiger partial charge in [0.2, 0.25) is 0 Å². The van der Waals surface area contributed by atoms with Crippen LogP contribution in [0.3, 0.4) is 0 Å². The molecule has 0 aromatic heterocycles. The maximum absolute atomic E-state index is 10.6. The number of hydrogen-bond acceptors (Lipinski definition) is 3. The van der Waals surface area contributed by atoms with Crippen LogP contribution in [0.15, 0.2) is 0 Å². The lowest BCUT2D eigenvalue weighted by Gasteiger charge is -2.29. The topological polar surface area (TPSA) is 86.6 Å². The molecule has 1 aliphatic rings. The lowest BCUT2D eigenvalue weighted by molar-refractivity contribution is -0.146. The molecule has 0 heterocycles. The van der Waals surface area contributed by atoms with E-state index in [1.807, 2.05) is 0 Å². The molecular weight excluding hydrogens is 174 g/mol. The molecule has 1 atom stereocenters. The van der Waals surface area contributed by atoms with Crippen molar-refractivity contribution >= 4 is 11.9 Å². The molecule has 1 aliphatic carbocycles. The van der Waals surface area contributed by atoms with Crippen molar-refractivity contribution in [1.29, 1.82) is 0 Å². The third-order valence-electron chi connectivity index (χ3n) is 2.22. The molecule has 5 nitrogen and oxygen atoms in total. The predicted octanol–water partition coefficient (Wildman–Crippen LogP) is 0.0564. The van der Waals surface area contributed by atoms with E-state index in [0.29, 0.717) is 0 Å². The molecule has 0 aliphatic heterocycles. The van der Waals surface area contributed by atoms with Crippen LogP contribution in [0.1, 0.15) is 25.7 Å². The fourth-order valence-corrected chi connectivity index (χ4v) is 1.25. The molecule has 1 rings (SSSR count). The Morgan fingerprint density at radius 1 is 1.38 bits per heavy atom. The first-order valence-electron chi connectivity index (χ1n) is 4.30. The third-order valence-corrected chi connectivity index (χ3v) is 2.22. The summed E-state index contributed by atoms with van der Waals surface area (Å²) in [5.74, 6) is -2.17. The number of rotatable bonds is 5. The highest BCUT2D eigenvalue weighted by molar-refractivity contribution is 5.80. The molecule has 0 saturated heterocycles. The van der Waals surface area contributed by atoms with Crippen LogP contribution >= 0.6 is 0 Å². The van der Waals surface area contributed by atoms with Crippen molar-refractivity contribution in [3.63, 3.8) is 0 Å². The van der Waals surface area contributed by atoms with Crippen LogP contribution in [0.5, 0.6) is 0 Å². The molecule has 0 radical (unpaired) electrons. The standard InChI is InChI=1S/C8H13NO4/c10-7(11)4-6(8(12)13)9-5-2-1-3-5/h5-6,9H,1-4H2,(H,10,11)(H,12,13). The fraction of sp³-hybridized carbons (Fsp3) is 0.750. The Morgan fingerprint density at radius 2 is 2.00 bits per heavy atom. The molecule has 1 unspecified atom stereocenters. The SMILES string of the molecule is O=C(O)CC(NC1CCC1)C(=O)O. The molecule has 74 valence electrons. The minimum atomic E-state index is -1.09. The molecule has 5 heteroatoms. The van der Waals surface area contributed by atoms with Gasteiger partial charge in [0.25, 0.3) is 0 Å². The molecular formula is C8H13NO4. The summed E-state index contributed by atoms with van der Waals surface area (Å²) in [4.78, 5) is 20.9. The highest BCUT2D eigenvalue weighted by atomic mass is 16.4. The zero-order valence-corrected chi connectivity index (χ0v) is 7.19. The van der Waals surface area contributed by atoms with Gasteiger partial charge in [-0.1, -0.05) is 6.42 Å². The summed E-state index contributed by atoms with van der Waals surface area (Å²) < 4.78 is 0. The van der Waals surface area contributed by atoms with Gasteiger partial charge < -0.3 is 15.5 Å². The van der Waals surface area contributed by atoms with Crippen molar-refractivity contribution in [2.45, 2.75) is 37.8 Å². The van der Waals surface area contributed by atoms with Gasteiger partial charge in [0, 0.05) is 6.04 Å². The van der Waals surface area contributed by atoms with Crippen LogP contribution in [-0.4, -0.2) is 34.2 Å². The highest BCUT2D eigenvalue weighted by Crippen LogP contribution is 2.19. The van der Waals surface area contributed by atoms with E-state index in [9.17, 15) is 9.59 Å². The van der Waals surface area contributed by atoms with E-state index in [4.69, 9.17) is 10.2 Å². The predicted molar refractivity (Wildman–Crippen MR) is 44.5 cm³/mol. The van der Waals surface area contributed by atoms with Gasteiger partial charge in [-0.2, -0.15) is 0 Å². The fourth-order valence-electron chi connectivity index (χ4n) is 1.25. The zero-order chi connectivity index (χ0) is 9.84. The normalized spacial score (nSPS) is 19.1. The van der Waals surface area contributed by atoms with E-state index in [1.165, 1.54) is 0 Å². The van der Waals surface area contributed by atoms with Crippen molar-refractivity contribution in [1.82, 2.24) is 5.32 Å². The summed E-state index contributed by atoms with van der Waals surface area (Å²) in [7, 11) is 0. The first-order chi connectivity index (χ1) is 6.09. The largest absolute Gasteiger partial charge is 0.481 e. The molecule has 0 bridgehead atoms. The van der Waals surface area contributed by atoms with E-state index in [-0.39, 0.29) is 12.5 Å². The van der Waals surface area contributed by atoms with Crippen molar-refractivity contribution in [3.8, 4) is 0 Å². The van der Waals surface area contributed by atoms with E-state index in [2.05, 4.69) is 5.32 Å². The second kappa shape index (κ2) is 4.23. The van der Waals surface area contributed by atoms with E-state index in [1.54, 1.807) is 0 Å². The molecule has 13 heavy (non-hydrogen) atoms. The van der Waals surface area contributed by atoms with E-state index < -0.39 is 18.0 Å². The average Bonchev–Trinajstić information content (AvgIpc) is 1.92. The van der Waals surface area contributed by atoms with Crippen molar-refractivity contribution < 1.29 is 19.8 Å². The van der Waals surface area contributed by atoms with Crippen LogP contribution in [0.2, 0.25) is 0 Å². The lowest BCUT2D eigenvalue weighted by atomic mass is 9.92. The van der Waals surface area contributed by atoms with Crippen molar-refractivity contribution in [3.05, 3.63) is 0 Å². The first kappa shape index (κ1) is 9.98. The Morgan fingerprint density at radius 3 is 2.31 bits per heavy atom. The number of aliphatic carboxylic acids is 2. The van der Waals surface area contributed by atoms with Gasteiger partial charge >= 0.3 is 11.9 Å². The van der Waals surface area contributed by atoms with Crippen molar-refractivity contribution in [2.24, 2.45) is 0 Å². The van der Waals surface area contributed by atoms with Gasteiger partial charge in [-0.3, -0.25) is 9.59 Å². The van der Waals surface area contributed by atoms with Crippen LogP contribution in [0.25, 0.3) is 0 Å². The maximum Gasteiger partial charge on any atom is 0.321 e. The van der Waals surface area contributed by atoms with Crippen LogP contribution in [0, 0.1) is 0 Å². The Hall–Kier alpha value is -1.10. The van der Waals surface area contributed by atoms with E-state index in [0.717, 1.165) is 19.3 Å². The number of carboxylic acids is 2. The Balaban J connectivity index is 2.36. The van der Waals surface area contributed by atoms with Gasteiger partial charge in [-0.15, -0.1) is 0 Å². The van der Waals surface area contributed by atoms with Gasteiger partial charge in [-0.25, -0.2) is 0 Å². The summed E-state index contributed by atoms with van der Waals surface area (Å²) >= 11 is 0. The summed E-state index contributed by atoms with van der Waals surface area (Å²) in [6.45, 7) is 0. The molecule has 0 spiro atoms. The lowest BCUT2D eigenvalue weighted by Crippen LogP contribution is -2.47. The van der Waals surface area contributed by atoms with Gasteiger partial charge in [-0.05, 0) is 12.8 Å². The molecule has 1 fully saturated rings. The van der Waals surface area contributed by atoms with Crippen LogP contribution in [-0.2, 0) is 9.59 Å². The minimum Gasteiger partial charge on any atom is -0.481 e. The zero-order valence-electron chi connectivity index (χ0n) is 7.19. The minimum absolute atomic E-state index is 0.195. The molecule has 1 saturated carbocycles. The Kier molecular flexibility index (Phi) is 3.25. The van der Waals surface area contributed by atoms with Crippen LogP contribution < -0.4 is 5.32 Å². The second-order valence-electron chi connectivity index (χ2n) is 3.28. The summed E-state index contributed by atoms with van der Waals surface area (Å²) in [6, 6.07) is -0.747. The molecule has 0 aromatic rings. The Bertz CT molecular complexity index is 212. The second-order valence-corrected chi connectivity index (χ2v) is 3.28. The first-order valence-corrected chi connectivity index (χ1v) is 4.30. The summed E-state index contributed by atoms with van der Waals surface area (Å²) in [5, 5.41) is 19.9. The number of carboxylic acid groups (broad SMARTS) is 2. The quantitative estimate of drug-likeness (QED) is 0.566. The summed E-state index contributed by atoms with van der Waals surface area (Å²) in [6.07, 6.45) is 2.63. The molecule has 0 amide bonds. The van der Waals surface area contributed by atoms with Gasteiger partial charge in [0.05, 0.1) is 6.42 Å². The smallest absolute Gasteiger partial charge is 0.321 e. The van der Waals surface area contributed by atoms with Gasteiger partial charge in [0.1, 0.15) is 6.04 Å². The van der Waals surface area contributed by atoms with E-state index >= 15 is 0 Å². The monoisotopic (exact) mass is 187 g/mol.